The average Bonchev–Trinajstić information content (AvgIpc) is 2.46. The maximum absolute atomic E-state index is 12.7. The number of ketones is 1. The van der Waals surface area contributed by atoms with E-state index in [9.17, 15) is 13.6 Å². The number of allylic oxidation sites excluding steroid dienone is 2. The molecule has 0 aliphatic rings. The van der Waals surface area contributed by atoms with Crippen LogP contribution in [0.15, 0.2) is 60.7 Å². The second kappa shape index (κ2) is 6.57. The van der Waals surface area contributed by atoms with Gasteiger partial charge in [-0.05, 0) is 47.5 Å². The zero-order valence-corrected chi connectivity index (χ0v) is 10.6. The van der Waals surface area contributed by atoms with Crippen molar-refractivity contribution in [3.63, 3.8) is 0 Å². The van der Waals surface area contributed by atoms with Gasteiger partial charge < -0.3 is 0 Å². The van der Waals surface area contributed by atoms with E-state index < -0.39 is 0 Å². The van der Waals surface area contributed by atoms with E-state index in [1.54, 1.807) is 36.4 Å². The third kappa shape index (κ3) is 4.28. The predicted octanol–water partition coefficient (Wildman–Crippen LogP) is 4.26. The van der Waals surface area contributed by atoms with Crippen molar-refractivity contribution in [1.29, 1.82) is 0 Å². The molecule has 0 aromatic heterocycles. The molecule has 0 atom stereocenters. The predicted molar refractivity (Wildman–Crippen MR) is 75.9 cm³/mol. The van der Waals surface area contributed by atoms with Crippen molar-refractivity contribution in [2.24, 2.45) is 0 Å². The first kappa shape index (κ1) is 13.9. The van der Waals surface area contributed by atoms with Gasteiger partial charge in [-0.15, -0.1) is 0 Å². The van der Waals surface area contributed by atoms with E-state index in [0.717, 1.165) is 11.1 Å². The third-order valence-corrected chi connectivity index (χ3v) is 2.62. The Morgan fingerprint density at radius 2 is 1.05 bits per heavy atom. The Morgan fingerprint density at radius 3 is 1.40 bits per heavy atom. The molecule has 2 aromatic carbocycles. The SMILES string of the molecule is O=C(C=Cc1ccc(F)cc1)/C=C/c1ccc(F)cc1. The molecule has 0 fully saturated rings. The highest BCUT2D eigenvalue weighted by Crippen LogP contribution is 2.06. The highest BCUT2D eigenvalue weighted by molar-refractivity contribution is 6.04. The lowest BCUT2D eigenvalue weighted by molar-refractivity contribution is -0.110. The second-order valence-electron chi connectivity index (χ2n) is 4.17. The summed E-state index contributed by atoms with van der Waals surface area (Å²) in [6, 6.07) is 11.7. The fourth-order valence-corrected chi connectivity index (χ4v) is 1.56. The summed E-state index contributed by atoms with van der Waals surface area (Å²) in [5, 5.41) is 0. The van der Waals surface area contributed by atoms with Crippen molar-refractivity contribution in [2.45, 2.75) is 0 Å². The molecule has 2 aromatic rings. The van der Waals surface area contributed by atoms with E-state index in [-0.39, 0.29) is 17.4 Å². The summed E-state index contributed by atoms with van der Waals surface area (Å²) in [7, 11) is 0. The van der Waals surface area contributed by atoms with Crippen LogP contribution in [-0.4, -0.2) is 5.78 Å². The van der Waals surface area contributed by atoms with E-state index in [1.165, 1.54) is 36.4 Å². The molecule has 3 heteroatoms. The van der Waals surface area contributed by atoms with Gasteiger partial charge in [0.15, 0.2) is 5.78 Å². The lowest BCUT2D eigenvalue weighted by atomic mass is 10.1. The molecule has 0 bridgehead atoms. The zero-order chi connectivity index (χ0) is 14.4. The van der Waals surface area contributed by atoms with Gasteiger partial charge in [0.25, 0.3) is 0 Å². The number of halogens is 2. The highest BCUT2D eigenvalue weighted by atomic mass is 19.1. The molecular weight excluding hydrogens is 258 g/mol. The van der Waals surface area contributed by atoms with Crippen LogP contribution in [0.3, 0.4) is 0 Å². The first-order valence-corrected chi connectivity index (χ1v) is 6.05. The molecule has 2 rings (SSSR count). The van der Waals surface area contributed by atoms with Crippen molar-refractivity contribution in [3.05, 3.63) is 83.4 Å². The molecule has 0 saturated carbocycles. The van der Waals surface area contributed by atoms with Crippen LogP contribution < -0.4 is 0 Å². The summed E-state index contributed by atoms with van der Waals surface area (Å²) >= 11 is 0. The van der Waals surface area contributed by atoms with E-state index in [0.29, 0.717) is 0 Å². The van der Waals surface area contributed by atoms with E-state index in [4.69, 9.17) is 0 Å². The maximum atomic E-state index is 12.7. The summed E-state index contributed by atoms with van der Waals surface area (Å²) in [6.45, 7) is 0. The highest BCUT2D eigenvalue weighted by Gasteiger charge is 1.93. The van der Waals surface area contributed by atoms with E-state index in [1.807, 2.05) is 0 Å². The Bertz CT molecular complexity index is 580. The average molecular weight is 270 g/mol. The van der Waals surface area contributed by atoms with Crippen LogP contribution in [0.2, 0.25) is 0 Å². The Morgan fingerprint density at radius 1 is 0.700 bits per heavy atom. The van der Waals surface area contributed by atoms with Crippen molar-refractivity contribution in [1.82, 2.24) is 0 Å². The summed E-state index contributed by atoms with van der Waals surface area (Å²) < 4.78 is 25.4. The molecule has 0 unspecified atom stereocenters. The number of carbonyl (C=O) groups is 1. The van der Waals surface area contributed by atoms with Gasteiger partial charge in [-0.1, -0.05) is 36.4 Å². The number of carbonyl (C=O) groups excluding carboxylic acids is 1. The first-order valence-electron chi connectivity index (χ1n) is 6.05. The third-order valence-electron chi connectivity index (χ3n) is 2.62. The molecule has 20 heavy (non-hydrogen) atoms. The topological polar surface area (TPSA) is 17.1 Å². The lowest BCUT2D eigenvalue weighted by Gasteiger charge is -1.93. The number of rotatable bonds is 4. The standard InChI is InChI=1S/C17H12F2O/c18-15-7-1-13(2-8-15)5-11-17(20)12-6-14-3-9-16(19)10-4-14/h1-12H/b11-5+,12-6?. The van der Waals surface area contributed by atoms with E-state index in [2.05, 4.69) is 0 Å². The van der Waals surface area contributed by atoms with Crippen LogP contribution in [0.5, 0.6) is 0 Å². The smallest absolute Gasteiger partial charge is 0.178 e. The maximum Gasteiger partial charge on any atom is 0.178 e. The van der Waals surface area contributed by atoms with Crippen LogP contribution in [-0.2, 0) is 4.79 Å². The first-order chi connectivity index (χ1) is 9.63. The van der Waals surface area contributed by atoms with Gasteiger partial charge in [-0.3, -0.25) is 4.79 Å². The van der Waals surface area contributed by atoms with Crippen molar-refractivity contribution >= 4 is 17.9 Å². The summed E-state index contributed by atoms with van der Waals surface area (Å²) in [5.74, 6) is -0.826. The Labute approximate surface area is 115 Å². The minimum Gasteiger partial charge on any atom is -0.290 e. The number of benzene rings is 2. The molecule has 0 aliphatic carbocycles. The fraction of sp³-hybridized carbons (Fsp3) is 0. The summed E-state index contributed by atoms with van der Waals surface area (Å²) in [5.41, 5.74) is 1.49. The van der Waals surface area contributed by atoms with E-state index >= 15 is 0 Å². The Balaban J connectivity index is 1.98. The molecular formula is C17H12F2O. The molecule has 0 N–H and O–H groups in total. The lowest BCUT2D eigenvalue weighted by Crippen LogP contribution is -1.85. The van der Waals surface area contributed by atoms with Gasteiger partial charge in [0.1, 0.15) is 11.6 Å². The molecule has 0 saturated heterocycles. The summed E-state index contributed by atoms with van der Waals surface area (Å²) in [6.07, 6.45) is 6.01. The van der Waals surface area contributed by atoms with Crippen LogP contribution in [0.1, 0.15) is 11.1 Å². The molecule has 0 amide bonds. The van der Waals surface area contributed by atoms with Crippen LogP contribution in [0, 0.1) is 11.6 Å². The van der Waals surface area contributed by atoms with Crippen LogP contribution in [0.4, 0.5) is 8.78 Å². The van der Waals surface area contributed by atoms with Crippen molar-refractivity contribution < 1.29 is 13.6 Å². The van der Waals surface area contributed by atoms with Gasteiger partial charge in [-0.25, -0.2) is 8.78 Å². The number of hydrogen-bond acceptors (Lipinski definition) is 1. The van der Waals surface area contributed by atoms with Crippen molar-refractivity contribution in [3.8, 4) is 0 Å². The minimum atomic E-state index is -0.315. The zero-order valence-electron chi connectivity index (χ0n) is 10.6. The Hall–Kier alpha value is -2.55. The van der Waals surface area contributed by atoms with Gasteiger partial charge in [0.05, 0.1) is 0 Å². The van der Waals surface area contributed by atoms with Gasteiger partial charge in [0, 0.05) is 0 Å². The van der Waals surface area contributed by atoms with Gasteiger partial charge in [-0.2, -0.15) is 0 Å². The quantitative estimate of drug-likeness (QED) is 0.759. The molecule has 0 radical (unpaired) electrons. The second-order valence-corrected chi connectivity index (χ2v) is 4.17. The summed E-state index contributed by atoms with van der Waals surface area (Å²) in [4.78, 5) is 11.6. The largest absolute Gasteiger partial charge is 0.290 e. The normalized spacial score (nSPS) is 11.3. The molecule has 1 nitrogen and oxygen atoms in total. The van der Waals surface area contributed by atoms with Gasteiger partial charge >= 0.3 is 0 Å². The molecule has 0 spiro atoms. The number of hydrogen-bond donors (Lipinski definition) is 0. The van der Waals surface area contributed by atoms with Crippen molar-refractivity contribution in [2.75, 3.05) is 0 Å². The van der Waals surface area contributed by atoms with Gasteiger partial charge in [0.2, 0.25) is 0 Å². The monoisotopic (exact) mass is 270 g/mol. The molecule has 0 heterocycles. The van der Waals surface area contributed by atoms with Crippen LogP contribution in [0.25, 0.3) is 12.2 Å². The molecule has 100 valence electrons. The minimum absolute atomic E-state index is 0.196. The Kier molecular flexibility index (Phi) is 4.56. The fourth-order valence-electron chi connectivity index (χ4n) is 1.56. The molecule has 0 aliphatic heterocycles. The van der Waals surface area contributed by atoms with Crippen LogP contribution >= 0.6 is 0 Å².